The van der Waals surface area contributed by atoms with Gasteiger partial charge in [-0.25, -0.2) is 26.4 Å². The molecule has 0 radical (unpaired) electrons. The van der Waals surface area contributed by atoms with E-state index in [0.717, 1.165) is 5.56 Å². The largest absolute Gasteiger partial charge is 0.478 e. The van der Waals surface area contributed by atoms with E-state index < -0.39 is 27.8 Å². The highest BCUT2D eigenvalue weighted by Crippen LogP contribution is 2.31. The molecule has 1 aromatic carbocycles. The van der Waals surface area contributed by atoms with E-state index in [2.05, 4.69) is 10.3 Å². The molecule has 2 aromatic heterocycles. The predicted molar refractivity (Wildman–Crippen MR) is 119 cm³/mol. The zero-order valence-corrected chi connectivity index (χ0v) is 18.6. The van der Waals surface area contributed by atoms with Gasteiger partial charge in [0.1, 0.15) is 10.7 Å². The van der Waals surface area contributed by atoms with Crippen molar-refractivity contribution in [2.45, 2.75) is 18.4 Å². The lowest BCUT2D eigenvalue weighted by Crippen LogP contribution is -2.17. The molecule has 174 valence electrons. The van der Waals surface area contributed by atoms with Crippen LogP contribution in [-0.2, 0) is 26.2 Å². The maximum Gasteiger partial charge on any atom is 0.328 e. The molecule has 11 heteroatoms. The zero-order chi connectivity index (χ0) is 24.6. The molecule has 0 atom stereocenters. The van der Waals surface area contributed by atoms with Gasteiger partial charge in [0.25, 0.3) is 10.0 Å². The molecule has 0 aliphatic rings. The Balaban J connectivity index is 0.000000414. The van der Waals surface area contributed by atoms with E-state index in [1.165, 1.54) is 28.5 Å². The third kappa shape index (κ3) is 6.34. The number of halogens is 1. The minimum Gasteiger partial charge on any atom is -0.478 e. The number of hydrogen-bond donors (Lipinski definition) is 3. The van der Waals surface area contributed by atoms with Gasteiger partial charge in [0, 0.05) is 42.3 Å². The second kappa shape index (κ2) is 11.2. The van der Waals surface area contributed by atoms with Crippen molar-refractivity contribution in [1.29, 1.82) is 0 Å². The Morgan fingerprint density at radius 1 is 1.12 bits per heavy atom. The molecule has 0 saturated heterocycles. The molecule has 33 heavy (non-hydrogen) atoms. The van der Waals surface area contributed by atoms with E-state index in [9.17, 15) is 22.4 Å². The van der Waals surface area contributed by atoms with Crippen LogP contribution in [0.3, 0.4) is 0 Å². The van der Waals surface area contributed by atoms with Crippen molar-refractivity contribution in [1.82, 2.24) is 14.3 Å². The number of carboxylic acids is 2. The Bertz CT molecular complexity index is 1250. The number of carboxylic acid groups (broad SMARTS) is 2. The van der Waals surface area contributed by atoms with Crippen LogP contribution in [0.5, 0.6) is 0 Å². The number of aliphatic carboxylic acids is 2. The molecule has 2 heterocycles. The van der Waals surface area contributed by atoms with E-state index in [1.54, 1.807) is 44.3 Å². The van der Waals surface area contributed by atoms with Crippen molar-refractivity contribution in [2.24, 2.45) is 0 Å². The van der Waals surface area contributed by atoms with Crippen LogP contribution >= 0.6 is 0 Å². The first-order valence-corrected chi connectivity index (χ1v) is 10.9. The number of benzene rings is 1. The average molecular weight is 475 g/mol. The third-order valence-electron chi connectivity index (χ3n) is 4.36. The number of rotatable bonds is 7. The second-order valence-electron chi connectivity index (χ2n) is 6.62. The summed E-state index contributed by atoms with van der Waals surface area (Å²) in [5.74, 6) is -2.99. The van der Waals surface area contributed by atoms with E-state index in [-0.39, 0.29) is 10.5 Å². The van der Waals surface area contributed by atoms with Gasteiger partial charge in [0.2, 0.25) is 0 Å². The topological polar surface area (TPSA) is 139 Å². The highest BCUT2D eigenvalue weighted by Gasteiger charge is 2.26. The summed E-state index contributed by atoms with van der Waals surface area (Å²) in [6, 6.07) is 10.9. The predicted octanol–water partition coefficient (Wildman–Crippen LogP) is 2.67. The summed E-state index contributed by atoms with van der Waals surface area (Å²) in [5.41, 5.74) is 1.86. The minimum atomic E-state index is -3.90. The molecule has 9 nitrogen and oxygen atoms in total. The average Bonchev–Trinajstić information content (AvgIpc) is 3.10. The van der Waals surface area contributed by atoms with E-state index >= 15 is 0 Å². The lowest BCUT2D eigenvalue weighted by atomic mass is 10.1. The molecule has 0 aliphatic carbocycles. The normalized spacial score (nSPS) is 11.1. The maximum absolute atomic E-state index is 14.3. The quantitative estimate of drug-likeness (QED) is 0.443. The maximum atomic E-state index is 14.3. The van der Waals surface area contributed by atoms with E-state index in [4.69, 9.17) is 10.2 Å². The van der Waals surface area contributed by atoms with E-state index in [1.807, 2.05) is 0 Å². The fourth-order valence-electron chi connectivity index (χ4n) is 2.92. The number of hydrogen-bond acceptors (Lipinski definition) is 6. The fraction of sp³-hybridized carbons (Fsp3) is 0.136. The third-order valence-corrected chi connectivity index (χ3v) is 6.15. The van der Waals surface area contributed by atoms with E-state index in [0.29, 0.717) is 30.1 Å². The first kappa shape index (κ1) is 25.4. The van der Waals surface area contributed by atoms with Crippen LogP contribution in [0, 0.1) is 12.7 Å². The van der Waals surface area contributed by atoms with Crippen molar-refractivity contribution < 1.29 is 32.6 Å². The molecular formula is C22H22FN3O6S. The van der Waals surface area contributed by atoms with Gasteiger partial charge in [-0.15, -0.1) is 0 Å². The van der Waals surface area contributed by atoms with Crippen LogP contribution in [0.15, 0.2) is 71.9 Å². The summed E-state index contributed by atoms with van der Waals surface area (Å²) >= 11 is 0. The van der Waals surface area contributed by atoms with Gasteiger partial charge in [-0.1, -0.05) is 12.1 Å². The molecule has 0 spiro atoms. The summed E-state index contributed by atoms with van der Waals surface area (Å²) in [4.78, 5) is 23.1. The number of aromatic nitrogens is 2. The van der Waals surface area contributed by atoms with Crippen LogP contribution in [0.4, 0.5) is 4.39 Å². The minimum absolute atomic E-state index is 0.0577. The Hall–Kier alpha value is -3.83. The van der Waals surface area contributed by atoms with Crippen LogP contribution in [0.1, 0.15) is 11.3 Å². The lowest BCUT2D eigenvalue weighted by molar-refractivity contribution is -0.134. The summed E-state index contributed by atoms with van der Waals surface area (Å²) < 4.78 is 41.8. The molecule has 3 rings (SSSR count). The van der Waals surface area contributed by atoms with Gasteiger partial charge in [-0.3, -0.25) is 4.98 Å². The number of nitrogens with zero attached hydrogens (tertiary/aromatic N) is 2. The first-order valence-electron chi connectivity index (χ1n) is 9.49. The molecule has 0 saturated carbocycles. The van der Waals surface area contributed by atoms with Crippen molar-refractivity contribution >= 4 is 22.0 Å². The first-order chi connectivity index (χ1) is 15.6. The van der Waals surface area contributed by atoms with Crippen LogP contribution < -0.4 is 5.32 Å². The van der Waals surface area contributed by atoms with Gasteiger partial charge in [0.05, 0.1) is 5.69 Å². The SMILES string of the molecule is CNCc1cc(-c2ccccc2F)n(S(=O)(=O)c2cccnc2)c1C.O=C(O)C=CC(=O)O. The molecule has 0 amide bonds. The van der Waals surface area contributed by atoms with Crippen LogP contribution in [0.25, 0.3) is 11.3 Å². The number of nitrogens with one attached hydrogen (secondary N) is 1. The molecule has 0 fully saturated rings. The van der Waals surface area contributed by atoms with Crippen molar-refractivity contribution in [3.05, 3.63) is 84.1 Å². The summed E-state index contributed by atoms with van der Waals surface area (Å²) in [5, 5.41) is 18.6. The van der Waals surface area contributed by atoms with Gasteiger partial charge < -0.3 is 15.5 Å². The Kier molecular flexibility index (Phi) is 8.60. The van der Waals surface area contributed by atoms with Gasteiger partial charge in [0.15, 0.2) is 0 Å². The summed E-state index contributed by atoms with van der Waals surface area (Å²) in [6.07, 6.45) is 3.91. The lowest BCUT2D eigenvalue weighted by Gasteiger charge is -2.13. The number of carbonyl (C=O) groups is 2. The summed E-state index contributed by atoms with van der Waals surface area (Å²) in [6.45, 7) is 2.19. The van der Waals surface area contributed by atoms with Crippen molar-refractivity contribution in [3.8, 4) is 11.3 Å². The monoisotopic (exact) mass is 475 g/mol. The molecule has 0 aliphatic heterocycles. The molecule has 3 N–H and O–H groups in total. The molecule has 0 unspecified atom stereocenters. The molecule has 0 bridgehead atoms. The molecular weight excluding hydrogens is 453 g/mol. The van der Waals surface area contributed by atoms with Gasteiger partial charge in [-0.05, 0) is 49.9 Å². The smallest absolute Gasteiger partial charge is 0.328 e. The standard InChI is InChI=1S/C18H18FN3O2S.C4H4O4/c1-13-14(11-20-2)10-18(16-7-3-4-8-17(16)19)22(13)25(23,24)15-6-5-9-21-12-15;5-3(6)1-2-4(7)8/h3-10,12,20H,11H2,1-2H3;1-2H,(H,5,6)(H,7,8). The van der Waals surface area contributed by atoms with Crippen molar-refractivity contribution in [2.75, 3.05) is 7.05 Å². The number of pyridine rings is 1. The second-order valence-corrected chi connectivity index (χ2v) is 8.41. The van der Waals surface area contributed by atoms with Crippen LogP contribution in [-0.4, -0.2) is 46.6 Å². The Morgan fingerprint density at radius 3 is 2.27 bits per heavy atom. The van der Waals surface area contributed by atoms with Gasteiger partial charge >= 0.3 is 11.9 Å². The van der Waals surface area contributed by atoms with Crippen LogP contribution in [0.2, 0.25) is 0 Å². The van der Waals surface area contributed by atoms with Gasteiger partial charge in [-0.2, -0.15) is 0 Å². The Labute approximate surface area is 189 Å². The highest BCUT2D eigenvalue weighted by molar-refractivity contribution is 7.90. The fourth-order valence-corrected chi connectivity index (χ4v) is 4.47. The Morgan fingerprint density at radius 2 is 1.76 bits per heavy atom. The zero-order valence-electron chi connectivity index (χ0n) is 17.8. The summed E-state index contributed by atoms with van der Waals surface area (Å²) in [7, 11) is -2.13. The van der Waals surface area contributed by atoms with Crippen molar-refractivity contribution in [3.63, 3.8) is 0 Å². The molecule has 3 aromatic rings. The highest BCUT2D eigenvalue weighted by atomic mass is 32.2.